The molecule has 7 heteroatoms. The highest BCUT2D eigenvalue weighted by Gasteiger charge is 2.31. The van der Waals surface area contributed by atoms with E-state index in [9.17, 15) is 4.79 Å². The summed E-state index contributed by atoms with van der Waals surface area (Å²) in [6, 6.07) is 1.47. The van der Waals surface area contributed by atoms with Gasteiger partial charge in [-0.1, -0.05) is 11.6 Å². The first-order valence-corrected chi connectivity index (χ1v) is 7.16. The zero-order chi connectivity index (χ0) is 11.0. The second kappa shape index (κ2) is 4.63. The van der Waals surface area contributed by atoms with Gasteiger partial charge in [0.15, 0.2) is 0 Å². The van der Waals surface area contributed by atoms with E-state index in [1.807, 2.05) is 6.07 Å². The summed E-state index contributed by atoms with van der Waals surface area (Å²) in [5.74, 6) is -0.209. The van der Waals surface area contributed by atoms with Crippen molar-refractivity contribution >= 4 is 56.6 Å². The van der Waals surface area contributed by atoms with Gasteiger partial charge in [-0.3, -0.25) is 10.1 Å². The third-order valence-corrected chi connectivity index (χ3v) is 5.94. The van der Waals surface area contributed by atoms with Crippen LogP contribution in [0, 0.1) is 0 Å². The van der Waals surface area contributed by atoms with Crippen LogP contribution >= 0.6 is 50.6 Å². The average Bonchev–Trinajstić information content (AvgIpc) is 2.74. The van der Waals surface area contributed by atoms with E-state index in [0.717, 1.165) is 9.35 Å². The Bertz CT molecular complexity index is 378. The molecule has 82 valence electrons. The third-order valence-electron chi connectivity index (χ3n) is 2.00. The molecular formula is C8H7BrClNO2S2. The van der Waals surface area contributed by atoms with Crippen molar-refractivity contribution in [1.82, 2.24) is 5.32 Å². The van der Waals surface area contributed by atoms with E-state index < -0.39 is 12.0 Å². The number of rotatable bonds is 2. The molecule has 15 heavy (non-hydrogen) atoms. The standard InChI is InChI=1S/C8H7BrClNO2S2/c9-3-1-5(15-6(3)10)7-11-4(2-14-7)8(12)13/h1,4,7,11H,2H2,(H,12,13)/t4-,7?/m0/s1. The van der Waals surface area contributed by atoms with Crippen LogP contribution in [-0.4, -0.2) is 22.9 Å². The van der Waals surface area contributed by atoms with Crippen LogP contribution in [0.3, 0.4) is 0 Å². The van der Waals surface area contributed by atoms with Crippen LogP contribution < -0.4 is 5.32 Å². The Morgan fingerprint density at radius 2 is 2.47 bits per heavy atom. The van der Waals surface area contributed by atoms with E-state index in [4.69, 9.17) is 16.7 Å². The molecule has 2 heterocycles. The summed E-state index contributed by atoms with van der Waals surface area (Å²) in [6.07, 6.45) is 0. The lowest BCUT2D eigenvalue weighted by atomic mass is 10.3. The molecule has 0 spiro atoms. The molecular weight excluding hydrogens is 322 g/mol. The van der Waals surface area contributed by atoms with Crippen molar-refractivity contribution in [1.29, 1.82) is 0 Å². The summed E-state index contributed by atoms with van der Waals surface area (Å²) in [4.78, 5) is 11.8. The first-order valence-electron chi connectivity index (χ1n) is 4.13. The Morgan fingerprint density at radius 1 is 1.73 bits per heavy atom. The lowest BCUT2D eigenvalue weighted by Crippen LogP contribution is -2.33. The molecule has 1 aliphatic rings. The molecule has 0 radical (unpaired) electrons. The number of carboxylic acid groups (broad SMARTS) is 1. The van der Waals surface area contributed by atoms with Crippen molar-refractivity contribution in [2.75, 3.05) is 5.75 Å². The highest BCUT2D eigenvalue weighted by Crippen LogP contribution is 2.41. The van der Waals surface area contributed by atoms with Crippen LogP contribution in [0.25, 0.3) is 0 Å². The number of carbonyl (C=O) groups is 1. The molecule has 1 unspecified atom stereocenters. The van der Waals surface area contributed by atoms with Crippen LogP contribution in [0.5, 0.6) is 0 Å². The van der Waals surface area contributed by atoms with E-state index in [1.54, 1.807) is 11.8 Å². The summed E-state index contributed by atoms with van der Waals surface area (Å²) in [7, 11) is 0. The maximum Gasteiger partial charge on any atom is 0.321 e. The first-order chi connectivity index (χ1) is 7.08. The quantitative estimate of drug-likeness (QED) is 0.876. The maximum absolute atomic E-state index is 10.7. The summed E-state index contributed by atoms with van der Waals surface area (Å²) >= 11 is 12.3. The average molecular weight is 329 g/mol. The van der Waals surface area contributed by atoms with Gasteiger partial charge in [0, 0.05) is 15.1 Å². The van der Waals surface area contributed by atoms with Crippen molar-refractivity contribution in [2.45, 2.75) is 11.4 Å². The van der Waals surface area contributed by atoms with E-state index in [2.05, 4.69) is 21.2 Å². The number of halogens is 2. The van der Waals surface area contributed by atoms with Gasteiger partial charge in [0.1, 0.15) is 10.4 Å². The lowest BCUT2D eigenvalue weighted by molar-refractivity contribution is -0.138. The van der Waals surface area contributed by atoms with Gasteiger partial charge in [-0.15, -0.1) is 23.1 Å². The SMILES string of the molecule is O=C(O)[C@@H]1CSC(c2cc(Br)c(Cl)s2)N1. The normalized spacial score (nSPS) is 25.7. The van der Waals surface area contributed by atoms with Crippen molar-refractivity contribution < 1.29 is 9.90 Å². The fourth-order valence-corrected chi connectivity index (χ4v) is 4.41. The van der Waals surface area contributed by atoms with Crippen molar-refractivity contribution in [3.63, 3.8) is 0 Å². The van der Waals surface area contributed by atoms with Crippen LogP contribution in [0.4, 0.5) is 0 Å². The number of carboxylic acids is 1. The predicted molar refractivity (Wildman–Crippen MR) is 66.8 cm³/mol. The van der Waals surface area contributed by atoms with Gasteiger partial charge < -0.3 is 5.11 Å². The molecule has 0 aromatic carbocycles. The number of hydrogen-bond donors (Lipinski definition) is 2. The third kappa shape index (κ3) is 2.50. The molecule has 0 bridgehead atoms. The summed E-state index contributed by atoms with van der Waals surface area (Å²) < 4.78 is 1.57. The van der Waals surface area contributed by atoms with Gasteiger partial charge in [0.25, 0.3) is 0 Å². The molecule has 1 fully saturated rings. The number of thiophene rings is 1. The van der Waals surface area contributed by atoms with Gasteiger partial charge in [-0.05, 0) is 22.0 Å². The first kappa shape index (κ1) is 11.7. The number of thioether (sulfide) groups is 1. The molecule has 0 saturated carbocycles. The Kier molecular flexibility index (Phi) is 3.62. The van der Waals surface area contributed by atoms with Crippen molar-refractivity contribution in [2.24, 2.45) is 0 Å². The molecule has 2 N–H and O–H groups in total. The molecule has 2 rings (SSSR count). The molecule has 0 aliphatic carbocycles. The van der Waals surface area contributed by atoms with Gasteiger partial charge in [-0.2, -0.15) is 0 Å². The number of nitrogens with one attached hydrogen (secondary N) is 1. The maximum atomic E-state index is 10.7. The minimum absolute atomic E-state index is 0.0416. The summed E-state index contributed by atoms with van der Waals surface area (Å²) in [6.45, 7) is 0. The monoisotopic (exact) mass is 327 g/mol. The van der Waals surface area contributed by atoms with Crippen LogP contribution in [-0.2, 0) is 4.79 Å². The molecule has 3 nitrogen and oxygen atoms in total. The van der Waals surface area contributed by atoms with Crippen molar-refractivity contribution in [3.05, 3.63) is 19.8 Å². The van der Waals surface area contributed by atoms with E-state index >= 15 is 0 Å². The zero-order valence-corrected chi connectivity index (χ0v) is 11.3. The Balaban J connectivity index is 2.11. The second-order valence-electron chi connectivity index (χ2n) is 3.04. The molecule has 1 aliphatic heterocycles. The Labute approximate surface area is 108 Å². The zero-order valence-electron chi connectivity index (χ0n) is 7.37. The molecule has 2 atom stereocenters. The summed E-state index contributed by atoms with van der Waals surface area (Å²) in [5, 5.41) is 11.9. The van der Waals surface area contributed by atoms with E-state index in [1.165, 1.54) is 11.3 Å². The number of aliphatic carboxylic acids is 1. The van der Waals surface area contributed by atoms with Gasteiger partial charge >= 0.3 is 5.97 Å². The molecule has 1 aromatic heterocycles. The predicted octanol–water partition coefficient (Wildman–Crippen LogP) is 2.95. The fourth-order valence-electron chi connectivity index (χ4n) is 1.27. The van der Waals surface area contributed by atoms with Crippen LogP contribution in [0.1, 0.15) is 10.3 Å². The molecule has 1 aromatic rings. The van der Waals surface area contributed by atoms with Crippen molar-refractivity contribution in [3.8, 4) is 0 Å². The highest BCUT2D eigenvalue weighted by atomic mass is 79.9. The van der Waals surface area contributed by atoms with Gasteiger partial charge in [0.05, 0.1) is 5.37 Å². The minimum atomic E-state index is -0.799. The fraction of sp³-hybridized carbons (Fsp3) is 0.375. The van der Waals surface area contributed by atoms with Gasteiger partial charge in [0.2, 0.25) is 0 Å². The molecule has 0 amide bonds. The summed E-state index contributed by atoms with van der Waals surface area (Å²) in [5.41, 5.74) is 0. The van der Waals surface area contributed by atoms with E-state index in [0.29, 0.717) is 10.1 Å². The minimum Gasteiger partial charge on any atom is -0.480 e. The largest absolute Gasteiger partial charge is 0.480 e. The lowest BCUT2D eigenvalue weighted by Gasteiger charge is -2.07. The molecule has 1 saturated heterocycles. The Hall–Kier alpha value is 0.250. The Morgan fingerprint density at radius 3 is 2.93 bits per heavy atom. The topological polar surface area (TPSA) is 49.3 Å². The highest BCUT2D eigenvalue weighted by molar-refractivity contribution is 9.10. The van der Waals surface area contributed by atoms with Crippen LogP contribution in [0.15, 0.2) is 10.5 Å². The van der Waals surface area contributed by atoms with Gasteiger partial charge in [-0.25, -0.2) is 0 Å². The second-order valence-corrected chi connectivity index (χ2v) is 6.72. The number of hydrogen-bond acceptors (Lipinski definition) is 4. The van der Waals surface area contributed by atoms with E-state index in [-0.39, 0.29) is 5.37 Å². The van der Waals surface area contributed by atoms with Crippen LogP contribution in [0.2, 0.25) is 4.34 Å². The smallest absolute Gasteiger partial charge is 0.321 e.